The molecule has 26 heavy (non-hydrogen) atoms. The molecule has 5 nitrogen and oxygen atoms in total. The summed E-state index contributed by atoms with van der Waals surface area (Å²) in [5.41, 5.74) is 1.50. The maximum atomic E-state index is 12.9. The lowest BCUT2D eigenvalue weighted by atomic mass is 10.1. The summed E-state index contributed by atoms with van der Waals surface area (Å²) in [5, 5.41) is 0. The van der Waals surface area contributed by atoms with E-state index in [1.54, 1.807) is 29.2 Å². The van der Waals surface area contributed by atoms with Crippen LogP contribution in [0.1, 0.15) is 11.1 Å². The second-order valence-corrected chi connectivity index (χ2v) is 8.29. The molecule has 0 spiro atoms. The van der Waals surface area contributed by atoms with Crippen molar-refractivity contribution in [2.75, 3.05) is 26.2 Å². The van der Waals surface area contributed by atoms with Crippen molar-refractivity contribution in [1.29, 1.82) is 0 Å². The van der Waals surface area contributed by atoms with E-state index < -0.39 is 10.0 Å². The molecule has 1 amide bonds. The van der Waals surface area contributed by atoms with Crippen molar-refractivity contribution >= 4 is 15.9 Å². The number of halogens is 1. The summed E-state index contributed by atoms with van der Waals surface area (Å²) in [6, 6.07) is 14.9. The molecule has 1 saturated heterocycles. The average Bonchev–Trinajstić information content (AvgIpc) is 2.64. The smallest absolute Gasteiger partial charge is 0.227 e. The van der Waals surface area contributed by atoms with E-state index in [0.717, 1.165) is 11.1 Å². The number of rotatable bonds is 5. The molecule has 1 aliphatic heterocycles. The summed E-state index contributed by atoms with van der Waals surface area (Å²) >= 11 is 0. The van der Waals surface area contributed by atoms with Gasteiger partial charge in [0.15, 0.2) is 0 Å². The number of nitrogens with zero attached hydrogens (tertiary/aromatic N) is 2. The van der Waals surface area contributed by atoms with E-state index in [9.17, 15) is 17.6 Å². The van der Waals surface area contributed by atoms with Crippen molar-refractivity contribution in [3.63, 3.8) is 0 Å². The lowest BCUT2D eigenvalue weighted by molar-refractivity contribution is -0.131. The first-order valence-corrected chi connectivity index (χ1v) is 10.1. The fourth-order valence-corrected chi connectivity index (χ4v) is 4.50. The van der Waals surface area contributed by atoms with Gasteiger partial charge in [-0.2, -0.15) is 4.31 Å². The van der Waals surface area contributed by atoms with Gasteiger partial charge in [-0.1, -0.05) is 42.5 Å². The molecule has 7 heteroatoms. The minimum atomic E-state index is -3.40. The number of sulfonamides is 1. The van der Waals surface area contributed by atoms with Crippen LogP contribution in [0.15, 0.2) is 54.6 Å². The third-order valence-electron chi connectivity index (χ3n) is 4.45. The lowest BCUT2D eigenvalue weighted by Gasteiger charge is -2.34. The van der Waals surface area contributed by atoms with E-state index in [1.165, 1.54) is 16.4 Å². The summed E-state index contributed by atoms with van der Waals surface area (Å²) in [5.74, 6) is -0.438. The van der Waals surface area contributed by atoms with E-state index in [2.05, 4.69) is 0 Å². The monoisotopic (exact) mass is 376 g/mol. The molecule has 0 radical (unpaired) electrons. The normalized spacial score (nSPS) is 15.8. The number of amides is 1. The van der Waals surface area contributed by atoms with Gasteiger partial charge in [0, 0.05) is 26.2 Å². The zero-order valence-corrected chi connectivity index (χ0v) is 15.2. The van der Waals surface area contributed by atoms with Crippen molar-refractivity contribution in [3.05, 3.63) is 71.5 Å². The third kappa shape index (κ3) is 4.68. The van der Waals surface area contributed by atoms with Gasteiger partial charge in [-0.25, -0.2) is 12.8 Å². The molecule has 0 aromatic heterocycles. The second-order valence-electron chi connectivity index (χ2n) is 6.32. The van der Waals surface area contributed by atoms with Gasteiger partial charge in [-0.15, -0.1) is 0 Å². The largest absolute Gasteiger partial charge is 0.340 e. The summed E-state index contributed by atoms with van der Waals surface area (Å²) < 4.78 is 39.5. The first-order valence-electron chi connectivity index (χ1n) is 8.48. The number of carbonyl (C=O) groups is 1. The molecule has 1 fully saturated rings. The topological polar surface area (TPSA) is 57.7 Å². The molecular formula is C19H21FN2O3S. The standard InChI is InChI=1S/C19H21FN2O3S/c20-18-8-6-16(7-9-18)14-19(23)21-10-12-22(13-11-21)26(24,25)15-17-4-2-1-3-5-17/h1-9H,10-15H2. The van der Waals surface area contributed by atoms with Gasteiger partial charge in [-0.3, -0.25) is 4.79 Å². The van der Waals surface area contributed by atoms with Crippen LogP contribution in [0.5, 0.6) is 0 Å². The summed E-state index contributed by atoms with van der Waals surface area (Å²) in [6.07, 6.45) is 0.192. The number of carbonyl (C=O) groups excluding carboxylic acids is 1. The minimum Gasteiger partial charge on any atom is -0.340 e. The maximum absolute atomic E-state index is 12.9. The van der Waals surface area contributed by atoms with Gasteiger partial charge in [0.2, 0.25) is 15.9 Å². The Hall–Kier alpha value is -2.25. The molecule has 1 heterocycles. The second kappa shape index (κ2) is 7.97. The Balaban J connectivity index is 1.54. The van der Waals surface area contributed by atoms with Gasteiger partial charge in [0.05, 0.1) is 12.2 Å². The highest BCUT2D eigenvalue weighted by Gasteiger charge is 2.28. The van der Waals surface area contributed by atoms with Crippen LogP contribution in [-0.4, -0.2) is 49.7 Å². The molecular weight excluding hydrogens is 355 g/mol. The SMILES string of the molecule is O=C(Cc1ccc(F)cc1)N1CCN(S(=O)(=O)Cc2ccccc2)CC1. The molecule has 2 aromatic carbocycles. The Bertz CT molecular complexity index is 846. The zero-order chi connectivity index (χ0) is 18.6. The van der Waals surface area contributed by atoms with E-state index in [4.69, 9.17) is 0 Å². The van der Waals surface area contributed by atoms with Crippen LogP contribution in [0.25, 0.3) is 0 Å². The molecule has 1 aliphatic rings. The van der Waals surface area contributed by atoms with E-state index in [1.807, 2.05) is 18.2 Å². The third-order valence-corrected chi connectivity index (χ3v) is 6.30. The van der Waals surface area contributed by atoms with Gasteiger partial charge >= 0.3 is 0 Å². The number of hydrogen-bond donors (Lipinski definition) is 0. The summed E-state index contributed by atoms with van der Waals surface area (Å²) in [4.78, 5) is 14.0. The van der Waals surface area contributed by atoms with Crippen molar-refractivity contribution in [3.8, 4) is 0 Å². The Labute approximate surface area is 153 Å². The lowest BCUT2D eigenvalue weighted by Crippen LogP contribution is -2.51. The predicted molar refractivity (Wildman–Crippen MR) is 97.3 cm³/mol. The van der Waals surface area contributed by atoms with E-state index in [-0.39, 0.29) is 23.9 Å². The van der Waals surface area contributed by atoms with Gasteiger partial charge < -0.3 is 4.90 Å². The maximum Gasteiger partial charge on any atom is 0.227 e. The van der Waals surface area contributed by atoms with Crippen LogP contribution >= 0.6 is 0 Å². The highest BCUT2D eigenvalue weighted by atomic mass is 32.2. The van der Waals surface area contributed by atoms with Crippen LogP contribution in [0, 0.1) is 5.82 Å². The van der Waals surface area contributed by atoms with Crippen LogP contribution in [0.2, 0.25) is 0 Å². The number of benzene rings is 2. The minimum absolute atomic E-state index is 0.0304. The first-order chi connectivity index (χ1) is 12.4. The Morgan fingerprint density at radius 1 is 0.885 bits per heavy atom. The van der Waals surface area contributed by atoms with E-state index >= 15 is 0 Å². The van der Waals surface area contributed by atoms with Gasteiger partial charge in [0.25, 0.3) is 0 Å². The van der Waals surface area contributed by atoms with Gasteiger partial charge in [0.1, 0.15) is 5.82 Å². The summed E-state index contributed by atoms with van der Waals surface area (Å²) in [7, 11) is -3.40. The Morgan fingerprint density at radius 3 is 2.12 bits per heavy atom. The zero-order valence-electron chi connectivity index (χ0n) is 14.3. The summed E-state index contributed by atoms with van der Waals surface area (Å²) in [6.45, 7) is 1.33. The van der Waals surface area contributed by atoms with Crippen molar-refractivity contribution in [1.82, 2.24) is 9.21 Å². The molecule has 0 N–H and O–H groups in total. The Kier molecular flexibility index (Phi) is 5.68. The van der Waals surface area contributed by atoms with Crippen molar-refractivity contribution < 1.29 is 17.6 Å². The molecule has 2 aromatic rings. The number of hydrogen-bond acceptors (Lipinski definition) is 3. The molecule has 0 atom stereocenters. The highest BCUT2D eigenvalue weighted by molar-refractivity contribution is 7.88. The predicted octanol–water partition coefficient (Wildman–Crippen LogP) is 2.04. The van der Waals surface area contributed by atoms with E-state index in [0.29, 0.717) is 26.2 Å². The molecule has 0 bridgehead atoms. The van der Waals surface area contributed by atoms with Crippen LogP contribution < -0.4 is 0 Å². The fraction of sp³-hybridized carbons (Fsp3) is 0.316. The highest BCUT2D eigenvalue weighted by Crippen LogP contribution is 2.14. The van der Waals surface area contributed by atoms with Crippen LogP contribution in [0.3, 0.4) is 0 Å². The molecule has 138 valence electrons. The van der Waals surface area contributed by atoms with Crippen molar-refractivity contribution in [2.24, 2.45) is 0 Å². The molecule has 0 saturated carbocycles. The quantitative estimate of drug-likeness (QED) is 0.802. The molecule has 0 aliphatic carbocycles. The van der Waals surface area contributed by atoms with Crippen LogP contribution in [-0.2, 0) is 27.0 Å². The average molecular weight is 376 g/mol. The first kappa shape index (κ1) is 18.5. The van der Waals surface area contributed by atoms with Crippen LogP contribution in [0.4, 0.5) is 4.39 Å². The Morgan fingerprint density at radius 2 is 1.50 bits per heavy atom. The molecule has 0 unspecified atom stereocenters. The fourth-order valence-electron chi connectivity index (χ4n) is 2.98. The molecule has 3 rings (SSSR count). The van der Waals surface area contributed by atoms with Crippen molar-refractivity contribution in [2.45, 2.75) is 12.2 Å². The number of piperazine rings is 1. The van der Waals surface area contributed by atoms with Gasteiger partial charge in [-0.05, 0) is 23.3 Å².